The lowest BCUT2D eigenvalue weighted by Crippen LogP contribution is -2.27. The number of carbonyl (C=O) groups excluding carboxylic acids is 1. The average molecular weight is 331 g/mol. The molecule has 2 N–H and O–H groups in total. The number of aryl methyl sites for hydroxylation is 1. The second-order valence-electron chi connectivity index (χ2n) is 5.63. The van der Waals surface area contributed by atoms with Gasteiger partial charge in [0.25, 0.3) is 5.91 Å². The predicted molar refractivity (Wildman–Crippen MR) is 93.4 cm³/mol. The van der Waals surface area contributed by atoms with Gasteiger partial charge in [-0.2, -0.15) is 5.26 Å². The first-order valence-corrected chi connectivity index (χ1v) is 7.74. The third-order valence-electron chi connectivity index (χ3n) is 3.59. The quantitative estimate of drug-likeness (QED) is 0.435. The van der Waals surface area contributed by atoms with Crippen LogP contribution in [0.3, 0.4) is 0 Å². The minimum absolute atomic E-state index is 0.0149. The molecule has 0 aromatic heterocycles. The van der Waals surface area contributed by atoms with Gasteiger partial charge in [-0.15, -0.1) is 0 Å². The van der Waals surface area contributed by atoms with E-state index in [9.17, 15) is 10.1 Å². The summed E-state index contributed by atoms with van der Waals surface area (Å²) in [6.45, 7) is 6.37. The van der Waals surface area contributed by atoms with E-state index in [1.807, 2.05) is 31.2 Å². The second-order valence-corrected chi connectivity index (χ2v) is 5.63. The second kappa shape index (κ2) is 9.71. The van der Waals surface area contributed by atoms with E-state index in [0.29, 0.717) is 6.54 Å². The van der Waals surface area contributed by atoms with Crippen LogP contribution in [0.25, 0.3) is 0 Å². The summed E-state index contributed by atoms with van der Waals surface area (Å²) in [5.41, 5.74) is 2.73. The summed E-state index contributed by atoms with van der Waals surface area (Å²) in [4.78, 5) is 12.4. The maximum atomic E-state index is 12.4. The minimum atomic E-state index is -0.451. The topological polar surface area (TPSA) is 83.4 Å². The number of amides is 1. The van der Waals surface area contributed by atoms with E-state index in [1.165, 1.54) is 20.4 Å². The standard InChI is InChI=1S/C18H25N3O3/c1-12(2)15-8-6-7-13(3)17(15)21-18(22)14(9-19)10-20-11-16(23-4)24-5/h6-8,10,12,16,20H,11H2,1-5H3,(H,21,22)/b14-10-. The Balaban J connectivity index is 2.88. The molecule has 1 rings (SSSR count). The lowest BCUT2D eigenvalue weighted by Gasteiger charge is -2.16. The molecule has 6 nitrogen and oxygen atoms in total. The molecule has 1 amide bonds. The van der Waals surface area contributed by atoms with Crippen molar-refractivity contribution < 1.29 is 14.3 Å². The molecule has 0 aliphatic carbocycles. The SMILES string of the molecule is COC(CN/C=C(/C#N)C(=O)Nc1c(C)cccc1C(C)C)OC. The highest BCUT2D eigenvalue weighted by Gasteiger charge is 2.15. The zero-order valence-electron chi connectivity index (χ0n) is 14.8. The number of nitriles is 1. The maximum absolute atomic E-state index is 12.4. The lowest BCUT2D eigenvalue weighted by atomic mass is 9.98. The third-order valence-corrected chi connectivity index (χ3v) is 3.59. The summed E-state index contributed by atoms with van der Waals surface area (Å²) >= 11 is 0. The van der Waals surface area contributed by atoms with Gasteiger partial charge in [0, 0.05) is 26.1 Å². The number of nitrogens with zero attached hydrogens (tertiary/aromatic N) is 1. The number of carbonyl (C=O) groups is 1. The predicted octanol–water partition coefficient (Wildman–Crippen LogP) is 2.67. The van der Waals surface area contributed by atoms with Crippen LogP contribution >= 0.6 is 0 Å². The van der Waals surface area contributed by atoms with Crippen LogP contribution in [0.4, 0.5) is 5.69 Å². The molecule has 1 aromatic carbocycles. The molecular formula is C18H25N3O3. The highest BCUT2D eigenvalue weighted by atomic mass is 16.7. The molecule has 130 valence electrons. The number of hydrogen-bond donors (Lipinski definition) is 2. The van der Waals surface area contributed by atoms with E-state index in [2.05, 4.69) is 24.5 Å². The van der Waals surface area contributed by atoms with Crippen molar-refractivity contribution in [3.8, 4) is 6.07 Å². The normalized spacial score (nSPS) is 11.5. The summed E-state index contributed by atoms with van der Waals surface area (Å²) in [5.74, 6) is -0.190. The van der Waals surface area contributed by atoms with Gasteiger partial charge in [-0.1, -0.05) is 32.0 Å². The molecular weight excluding hydrogens is 306 g/mol. The van der Waals surface area contributed by atoms with Gasteiger partial charge < -0.3 is 20.1 Å². The maximum Gasteiger partial charge on any atom is 0.267 e. The first-order valence-electron chi connectivity index (χ1n) is 7.74. The van der Waals surface area contributed by atoms with Gasteiger partial charge in [0.2, 0.25) is 0 Å². The summed E-state index contributed by atoms with van der Waals surface area (Å²) in [6, 6.07) is 7.76. The van der Waals surface area contributed by atoms with Crippen molar-refractivity contribution >= 4 is 11.6 Å². The number of ether oxygens (including phenoxy) is 2. The first-order chi connectivity index (χ1) is 11.4. The van der Waals surface area contributed by atoms with Crippen molar-refractivity contribution in [2.75, 3.05) is 26.1 Å². The number of para-hydroxylation sites is 1. The number of anilines is 1. The number of hydrogen-bond acceptors (Lipinski definition) is 5. The minimum Gasteiger partial charge on any atom is -0.385 e. The van der Waals surface area contributed by atoms with Crippen LogP contribution in [0.15, 0.2) is 30.0 Å². The number of nitrogens with one attached hydrogen (secondary N) is 2. The van der Waals surface area contributed by atoms with Gasteiger partial charge in [-0.25, -0.2) is 0 Å². The fourth-order valence-electron chi connectivity index (χ4n) is 2.19. The van der Waals surface area contributed by atoms with Gasteiger partial charge >= 0.3 is 0 Å². The Morgan fingerprint density at radius 3 is 2.54 bits per heavy atom. The third kappa shape index (κ3) is 5.37. The van der Waals surface area contributed by atoms with Crippen LogP contribution in [-0.2, 0) is 14.3 Å². The Morgan fingerprint density at radius 1 is 1.33 bits per heavy atom. The van der Waals surface area contributed by atoms with Crippen molar-refractivity contribution in [3.63, 3.8) is 0 Å². The van der Waals surface area contributed by atoms with Crippen LogP contribution in [0, 0.1) is 18.3 Å². The van der Waals surface area contributed by atoms with Gasteiger partial charge in [-0.3, -0.25) is 4.79 Å². The molecule has 0 aliphatic rings. The van der Waals surface area contributed by atoms with E-state index in [1.54, 1.807) is 0 Å². The van der Waals surface area contributed by atoms with Gasteiger partial charge in [0.1, 0.15) is 11.6 Å². The molecule has 6 heteroatoms. The zero-order chi connectivity index (χ0) is 18.1. The summed E-state index contributed by atoms with van der Waals surface area (Å²) in [5, 5.41) is 14.9. The molecule has 1 aromatic rings. The molecule has 0 bridgehead atoms. The van der Waals surface area contributed by atoms with E-state index in [0.717, 1.165) is 16.8 Å². The van der Waals surface area contributed by atoms with Crippen molar-refractivity contribution in [1.82, 2.24) is 5.32 Å². The van der Waals surface area contributed by atoms with Crippen LogP contribution in [0.5, 0.6) is 0 Å². The van der Waals surface area contributed by atoms with E-state index in [-0.39, 0.29) is 11.5 Å². The summed E-state index contributed by atoms with van der Waals surface area (Å²) in [7, 11) is 3.03. The van der Waals surface area contributed by atoms with E-state index >= 15 is 0 Å². The molecule has 0 fully saturated rings. The lowest BCUT2D eigenvalue weighted by molar-refractivity contribution is -0.112. The van der Waals surface area contributed by atoms with Crippen molar-refractivity contribution in [3.05, 3.63) is 41.1 Å². The molecule has 0 aliphatic heterocycles. The molecule has 24 heavy (non-hydrogen) atoms. The molecule has 0 heterocycles. The first kappa shape index (κ1) is 19.7. The largest absolute Gasteiger partial charge is 0.385 e. The van der Waals surface area contributed by atoms with Crippen LogP contribution < -0.4 is 10.6 Å². The highest BCUT2D eigenvalue weighted by Crippen LogP contribution is 2.27. The van der Waals surface area contributed by atoms with Crippen molar-refractivity contribution in [2.45, 2.75) is 33.0 Å². The Labute approximate surface area is 143 Å². The summed E-state index contributed by atoms with van der Waals surface area (Å²) < 4.78 is 10.1. The van der Waals surface area contributed by atoms with Crippen LogP contribution in [-0.4, -0.2) is 33.0 Å². The van der Waals surface area contributed by atoms with Gasteiger partial charge in [0.15, 0.2) is 6.29 Å². The molecule has 0 saturated carbocycles. The highest BCUT2D eigenvalue weighted by molar-refractivity contribution is 6.07. The molecule has 0 spiro atoms. The monoisotopic (exact) mass is 331 g/mol. The number of benzene rings is 1. The fraction of sp³-hybridized carbons (Fsp3) is 0.444. The molecule has 0 unspecified atom stereocenters. The summed E-state index contributed by atoms with van der Waals surface area (Å²) in [6.07, 6.45) is 0.918. The Hall–Kier alpha value is -2.36. The molecule has 0 atom stereocenters. The fourth-order valence-corrected chi connectivity index (χ4v) is 2.19. The van der Waals surface area contributed by atoms with Gasteiger partial charge in [0.05, 0.1) is 6.54 Å². The van der Waals surface area contributed by atoms with Crippen molar-refractivity contribution in [2.24, 2.45) is 0 Å². The van der Waals surface area contributed by atoms with Gasteiger partial charge in [-0.05, 0) is 24.0 Å². The average Bonchev–Trinajstić information content (AvgIpc) is 2.56. The van der Waals surface area contributed by atoms with E-state index < -0.39 is 12.2 Å². The number of rotatable bonds is 8. The zero-order valence-corrected chi connectivity index (χ0v) is 14.8. The van der Waals surface area contributed by atoms with Crippen LogP contribution in [0.1, 0.15) is 30.9 Å². The smallest absolute Gasteiger partial charge is 0.267 e. The molecule has 0 saturated heterocycles. The van der Waals surface area contributed by atoms with E-state index in [4.69, 9.17) is 9.47 Å². The van der Waals surface area contributed by atoms with Crippen molar-refractivity contribution in [1.29, 1.82) is 5.26 Å². The Bertz CT molecular complexity index is 629. The Morgan fingerprint density at radius 2 is 2.00 bits per heavy atom. The van der Waals surface area contributed by atoms with Crippen LogP contribution in [0.2, 0.25) is 0 Å². The number of methoxy groups -OCH3 is 2. The molecule has 0 radical (unpaired) electrons. The Kier molecular flexibility index (Phi) is 7.96.